The van der Waals surface area contributed by atoms with Gasteiger partial charge in [0.05, 0.1) is 31.0 Å². The number of benzene rings is 1. The lowest BCUT2D eigenvalue weighted by Gasteiger charge is -2.51. The van der Waals surface area contributed by atoms with Crippen molar-refractivity contribution in [3.05, 3.63) is 54.0 Å². The van der Waals surface area contributed by atoms with Gasteiger partial charge in [-0.25, -0.2) is 4.98 Å². The van der Waals surface area contributed by atoms with E-state index in [0.29, 0.717) is 64.0 Å². The molecule has 2 bridgehead atoms. The summed E-state index contributed by atoms with van der Waals surface area (Å²) in [6.45, 7) is 1.75. The molecule has 3 saturated carbocycles. The Bertz CT molecular complexity index is 1280. The molecule has 41 heavy (non-hydrogen) atoms. The first-order chi connectivity index (χ1) is 19.8. The van der Waals surface area contributed by atoms with E-state index in [1.165, 1.54) is 13.4 Å². The molecule has 12 nitrogen and oxygen atoms in total. The maximum Gasteiger partial charge on any atom is 0.231 e. The van der Waals surface area contributed by atoms with E-state index in [1.807, 2.05) is 30.3 Å². The number of carbonyl (C=O) groups is 2. The van der Waals surface area contributed by atoms with Gasteiger partial charge in [0.2, 0.25) is 11.8 Å². The Morgan fingerprint density at radius 1 is 1.00 bits per heavy atom. The number of fused-ring (bicyclic) bond motifs is 3. The number of amides is 2. The second-order valence-corrected chi connectivity index (χ2v) is 10.8. The second-order valence-electron chi connectivity index (χ2n) is 10.8. The van der Waals surface area contributed by atoms with Crippen molar-refractivity contribution in [3.63, 3.8) is 0 Å². The third-order valence-electron chi connectivity index (χ3n) is 8.57. The highest BCUT2D eigenvalue weighted by molar-refractivity contribution is 5.98. The van der Waals surface area contributed by atoms with Gasteiger partial charge in [0.1, 0.15) is 0 Å². The average molecular weight is 561 g/mol. The summed E-state index contributed by atoms with van der Waals surface area (Å²) in [5.74, 6) is 0.495. The predicted octanol–water partition coefficient (Wildman–Crippen LogP) is 2.44. The van der Waals surface area contributed by atoms with E-state index in [2.05, 4.69) is 31.3 Å². The van der Waals surface area contributed by atoms with Gasteiger partial charge in [-0.1, -0.05) is 18.2 Å². The van der Waals surface area contributed by atoms with Crippen LogP contribution in [0.4, 0.5) is 11.5 Å². The van der Waals surface area contributed by atoms with E-state index in [1.54, 1.807) is 17.3 Å². The quantitative estimate of drug-likeness (QED) is 0.219. The standard InChI is InChI=1S/C28H35N9O2.CH5N/c29-18-32-15-19-1-3-21(4-2-19)35-24(38)27-7-10-28(11-8-27,12-9-27)25(39)36-23-17-33-22(16-34-23)20-5-13-37(14-6-20)26(30)31;1-2/h1-5,16-18H,6-15H2,(H2,29,32)(H3,30,31)(H,35,38)(H,34,36,39);2H2,1H3. The third-order valence-corrected chi connectivity index (χ3v) is 8.57. The smallest absolute Gasteiger partial charge is 0.231 e. The molecule has 12 heteroatoms. The molecular weight excluding hydrogens is 520 g/mol. The van der Waals surface area contributed by atoms with E-state index in [9.17, 15) is 9.59 Å². The first-order valence-corrected chi connectivity index (χ1v) is 13.9. The highest BCUT2D eigenvalue weighted by atomic mass is 16.2. The topological polar surface area (TPSA) is 201 Å². The molecule has 3 aliphatic carbocycles. The Morgan fingerprint density at radius 3 is 2.10 bits per heavy atom. The molecule has 2 heterocycles. The van der Waals surface area contributed by atoms with Crippen molar-refractivity contribution in [2.45, 2.75) is 51.5 Å². The number of nitrogens with one attached hydrogen (secondary N) is 3. The summed E-state index contributed by atoms with van der Waals surface area (Å²) in [4.78, 5) is 41.4. The zero-order valence-electron chi connectivity index (χ0n) is 23.5. The SMILES string of the molecule is CN.N=C(N)N1CC=C(c2cnc(NC(=O)C34CCC(C(=O)Nc5ccc(CN=CN)cc5)(CC3)CC4)cn2)CC1. The van der Waals surface area contributed by atoms with Crippen LogP contribution in [0.3, 0.4) is 0 Å². The van der Waals surface area contributed by atoms with Crippen LogP contribution in [0.2, 0.25) is 0 Å². The van der Waals surface area contributed by atoms with Crippen molar-refractivity contribution in [2.75, 3.05) is 30.8 Å². The minimum atomic E-state index is -0.477. The highest BCUT2D eigenvalue weighted by Crippen LogP contribution is 2.57. The van der Waals surface area contributed by atoms with Crippen molar-refractivity contribution < 1.29 is 9.59 Å². The molecule has 0 spiro atoms. The molecule has 0 unspecified atom stereocenters. The fraction of sp³-hybridized carbons (Fsp3) is 0.448. The monoisotopic (exact) mass is 560 g/mol. The van der Waals surface area contributed by atoms with Crippen LogP contribution in [0.5, 0.6) is 0 Å². The number of rotatable bonds is 7. The minimum absolute atomic E-state index is 0.0360. The lowest BCUT2D eigenvalue weighted by molar-refractivity contribution is -0.144. The lowest BCUT2D eigenvalue weighted by Crippen LogP contribution is -2.52. The fourth-order valence-corrected chi connectivity index (χ4v) is 5.91. The Kier molecular flexibility index (Phi) is 9.33. The summed E-state index contributed by atoms with van der Waals surface area (Å²) in [5.41, 5.74) is 18.1. The van der Waals surface area contributed by atoms with Crippen LogP contribution >= 0.6 is 0 Å². The van der Waals surface area contributed by atoms with Crippen molar-refractivity contribution >= 4 is 41.2 Å². The molecule has 1 aliphatic heterocycles. The number of aromatic nitrogens is 2. The normalized spacial score (nSPS) is 23.3. The predicted molar refractivity (Wildman–Crippen MR) is 161 cm³/mol. The largest absolute Gasteiger partial charge is 0.390 e. The van der Waals surface area contributed by atoms with Crippen molar-refractivity contribution in [1.29, 1.82) is 5.41 Å². The van der Waals surface area contributed by atoms with E-state index < -0.39 is 10.8 Å². The molecule has 1 aromatic carbocycles. The van der Waals surface area contributed by atoms with Crippen molar-refractivity contribution in [3.8, 4) is 0 Å². The lowest BCUT2D eigenvalue weighted by atomic mass is 9.53. The molecule has 9 N–H and O–H groups in total. The highest BCUT2D eigenvalue weighted by Gasteiger charge is 2.55. The first kappa shape index (κ1) is 29.7. The number of hydrogen-bond acceptors (Lipinski definition) is 7. The molecular formula is C29H40N10O2. The maximum absolute atomic E-state index is 13.4. The summed E-state index contributed by atoms with van der Waals surface area (Å²) in [7, 11) is 1.50. The van der Waals surface area contributed by atoms with Crippen LogP contribution in [0.25, 0.3) is 5.57 Å². The summed E-state index contributed by atoms with van der Waals surface area (Å²) in [6.07, 6.45) is 11.4. The molecule has 4 aliphatic rings. The number of guanidine groups is 1. The van der Waals surface area contributed by atoms with Gasteiger partial charge >= 0.3 is 0 Å². The fourth-order valence-electron chi connectivity index (χ4n) is 5.91. The van der Waals surface area contributed by atoms with Crippen molar-refractivity contribution in [2.24, 2.45) is 33.0 Å². The van der Waals surface area contributed by atoms with Crippen LogP contribution < -0.4 is 27.8 Å². The molecule has 2 amide bonds. The van der Waals surface area contributed by atoms with Gasteiger partial charge in [-0.15, -0.1) is 0 Å². The van der Waals surface area contributed by atoms with E-state index in [0.717, 1.165) is 28.9 Å². The third kappa shape index (κ3) is 6.54. The van der Waals surface area contributed by atoms with Gasteiger partial charge < -0.3 is 32.7 Å². The van der Waals surface area contributed by atoms with Gasteiger partial charge in [-0.2, -0.15) is 0 Å². The van der Waals surface area contributed by atoms with Crippen LogP contribution in [-0.2, 0) is 16.1 Å². The molecule has 218 valence electrons. The van der Waals surface area contributed by atoms with E-state index in [4.69, 9.17) is 16.9 Å². The number of anilines is 2. The zero-order chi connectivity index (χ0) is 29.5. The Balaban J connectivity index is 0.00000189. The number of nitrogens with zero attached hydrogens (tertiary/aromatic N) is 4. The Hall–Kier alpha value is -4.32. The average Bonchev–Trinajstić information content (AvgIpc) is 3.03. The van der Waals surface area contributed by atoms with Crippen LogP contribution in [0.1, 0.15) is 56.2 Å². The Labute approximate surface area is 240 Å². The summed E-state index contributed by atoms with van der Waals surface area (Å²) in [6, 6.07) is 7.64. The Morgan fingerprint density at radius 2 is 1.61 bits per heavy atom. The van der Waals surface area contributed by atoms with E-state index >= 15 is 0 Å². The van der Waals surface area contributed by atoms with Crippen LogP contribution in [-0.4, -0.2) is 59.1 Å². The summed E-state index contributed by atoms with van der Waals surface area (Å²) >= 11 is 0. The van der Waals surface area contributed by atoms with Crippen molar-refractivity contribution in [1.82, 2.24) is 14.9 Å². The molecule has 0 radical (unpaired) electrons. The molecule has 1 aromatic heterocycles. The van der Waals surface area contributed by atoms with Gasteiger partial charge in [0.15, 0.2) is 11.8 Å². The van der Waals surface area contributed by atoms with Gasteiger partial charge in [-0.3, -0.25) is 25.0 Å². The number of carbonyl (C=O) groups excluding carboxylic acids is 2. The molecule has 0 atom stereocenters. The first-order valence-electron chi connectivity index (χ1n) is 13.9. The molecule has 3 fully saturated rings. The van der Waals surface area contributed by atoms with E-state index in [-0.39, 0.29) is 17.8 Å². The molecule has 0 saturated heterocycles. The number of aliphatic imine (C=N–C) groups is 1. The summed E-state index contributed by atoms with van der Waals surface area (Å²) < 4.78 is 0. The summed E-state index contributed by atoms with van der Waals surface area (Å²) in [5, 5.41) is 13.6. The number of nitrogens with two attached hydrogens (primary N) is 3. The minimum Gasteiger partial charge on any atom is -0.390 e. The van der Waals surface area contributed by atoms with Crippen LogP contribution in [0, 0.1) is 16.2 Å². The van der Waals surface area contributed by atoms with Crippen LogP contribution in [0.15, 0.2) is 47.7 Å². The second kappa shape index (κ2) is 12.9. The molecule has 2 aromatic rings. The number of hydrogen-bond donors (Lipinski definition) is 6. The zero-order valence-corrected chi connectivity index (χ0v) is 23.5. The van der Waals surface area contributed by atoms with Gasteiger partial charge in [-0.05, 0) is 75.3 Å². The van der Waals surface area contributed by atoms with Gasteiger partial charge in [0.25, 0.3) is 0 Å². The van der Waals surface area contributed by atoms with Gasteiger partial charge in [0, 0.05) is 29.6 Å². The maximum atomic E-state index is 13.4. The molecule has 6 rings (SSSR count).